The van der Waals surface area contributed by atoms with E-state index in [9.17, 15) is 13.7 Å². The summed E-state index contributed by atoms with van der Waals surface area (Å²) in [7, 11) is -3.31. The highest BCUT2D eigenvalue weighted by molar-refractivity contribution is 7.89. The number of nitrogens with one attached hydrogen (secondary N) is 2. The van der Waals surface area contributed by atoms with E-state index in [1.807, 2.05) is 30.6 Å². The van der Waals surface area contributed by atoms with Gasteiger partial charge in [0, 0.05) is 36.6 Å². The van der Waals surface area contributed by atoms with Crippen molar-refractivity contribution in [2.24, 2.45) is 0 Å². The minimum atomic E-state index is -3.31. The standard InChI is InChI=1S/C20H21N9O2S2/c1-3-33(30,31)28-11-20(12-28,5-6-21)29-10-14(9-22-29)17-18-15(4-7-32-18)23-19(25-17)24-16-8-13(2)26-27-16/h4,7-10H,3,5,11-12H2,1-2H3,(H2,23,24,25,26,27). The number of hydrogen-bond donors (Lipinski definition) is 2. The smallest absolute Gasteiger partial charge is 0.229 e. The third-order valence-corrected chi connectivity index (χ3v) is 8.38. The molecule has 0 aromatic carbocycles. The molecular weight excluding hydrogens is 462 g/mol. The van der Waals surface area contributed by atoms with Gasteiger partial charge in [-0.15, -0.1) is 11.3 Å². The van der Waals surface area contributed by atoms with Gasteiger partial charge in [0.25, 0.3) is 0 Å². The van der Waals surface area contributed by atoms with Gasteiger partial charge in [0.1, 0.15) is 5.54 Å². The number of thiophene rings is 1. The molecule has 0 aliphatic carbocycles. The van der Waals surface area contributed by atoms with Crippen LogP contribution in [0.3, 0.4) is 0 Å². The Labute approximate surface area is 194 Å². The maximum Gasteiger partial charge on any atom is 0.229 e. The second-order valence-electron chi connectivity index (χ2n) is 7.99. The summed E-state index contributed by atoms with van der Waals surface area (Å²) in [5.74, 6) is 1.05. The molecule has 1 aliphatic rings. The van der Waals surface area contributed by atoms with Gasteiger partial charge in [0.15, 0.2) is 5.82 Å². The lowest BCUT2D eigenvalue weighted by atomic mass is 9.89. The van der Waals surface area contributed by atoms with E-state index in [2.05, 4.69) is 31.7 Å². The van der Waals surface area contributed by atoms with Crippen molar-refractivity contribution in [1.29, 1.82) is 5.26 Å². The van der Waals surface area contributed by atoms with Crippen molar-refractivity contribution in [3.05, 3.63) is 35.6 Å². The van der Waals surface area contributed by atoms with Crippen molar-refractivity contribution in [2.45, 2.75) is 25.8 Å². The van der Waals surface area contributed by atoms with E-state index in [4.69, 9.17) is 4.98 Å². The Kier molecular flexibility index (Phi) is 5.15. The van der Waals surface area contributed by atoms with E-state index in [0.717, 1.165) is 21.5 Å². The number of aromatic amines is 1. The number of anilines is 2. The van der Waals surface area contributed by atoms with E-state index >= 15 is 0 Å². The summed E-state index contributed by atoms with van der Waals surface area (Å²) < 4.78 is 28.5. The van der Waals surface area contributed by atoms with Gasteiger partial charge < -0.3 is 5.32 Å². The molecule has 1 fully saturated rings. The molecule has 13 heteroatoms. The Morgan fingerprint density at radius 2 is 2.18 bits per heavy atom. The third-order valence-electron chi connectivity index (χ3n) is 5.70. The Morgan fingerprint density at radius 3 is 2.88 bits per heavy atom. The predicted molar refractivity (Wildman–Crippen MR) is 124 cm³/mol. The van der Waals surface area contributed by atoms with Crippen LogP contribution < -0.4 is 5.32 Å². The van der Waals surface area contributed by atoms with Crippen LogP contribution >= 0.6 is 11.3 Å². The van der Waals surface area contributed by atoms with Gasteiger partial charge in [0.2, 0.25) is 16.0 Å². The Hall–Kier alpha value is -3.34. The lowest BCUT2D eigenvalue weighted by Crippen LogP contribution is -2.64. The average Bonchev–Trinajstić information content (AvgIpc) is 3.51. The van der Waals surface area contributed by atoms with Crippen molar-refractivity contribution in [3.63, 3.8) is 0 Å². The van der Waals surface area contributed by atoms with Crippen LogP contribution in [0, 0.1) is 18.3 Å². The maximum atomic E-state index is 12.2. The predicted octanol–water partition coefficient (Wildman–Crippen LogP) is 2.60. The van der Waals surface area contributed by atoms with Crippen molar-refractivity contribution >= 4 is 43.3 Å². The average molecular weight is 484 g/mol. The molecule has 5 rings (SSSR count). The number of sulfonamides is 1. The van der Waals surface area contributed by atoms with E-state index in [-0.39, 0.29) is 25.3 Å². The summed E-state index contributed by atoms with van der Waals surface area (Å²) in [6.07, 6.45) is 3.69. The van der Waals surface area contributed by atoms with Gasteiger partial charge >= 0.3 is 0 Å². The van der Waals surface area contributed by atoms with E-state index < -0.39 is 15.6 Å². The molecule has 4 aromatic rings. The van der Waals surface area contributed by atoms with E-state index in [0.29, 0.717) is 17.5 Å². The molecule has 5 heterocycles. The number of rotatable bonds is 7. The van der Waals surface area contributed by atoms with Crippen molar-refractivity contribution in [1.82, 2.24) is 34.3 Å². The topological polar surface area (TPSA) is 145 Å². The van der Waals surface area contributed by atoms with Crippen LogP contribution in [0.15, 0.2) is 29.9 Å². The van der Waals surface area contributed by atoms with Crippen LogP contribution in [-0.2, 0) is 15.6 Å². The van der Waals surface area contributed by atoms with E-state index in [1.54, 1.807) is 17.8 Å². The monoisotopic (exact) mass is 483 g/mol. The highest BCUT2D eigenvalue weighted by Crippen LogP contribution is 2.37. The first-order valence-corrected chi connectivity index (χ1v) is 12.8. The summed E-state index contributed by atoms with van der Waals surface area (Å²) in [5, 5.41) is 26.0. The van der Waals surface area contributed by atoms with Gasteiger partial charge in [-0.25, -0.2) is 18.4 Å². The maximum absolute atomic E-state index is 12.2. The van der Waals surface area contributed by atoms with Crippen LogP contribution in [0.2, 0.25) is 0 Å². The minimum absolute atomic E-state index is 0.0303. The van der Waals surface area contributed by atoms with Gasteiger partial charge in [0.05, 0.1) is 40.4 Å². The second kappa shape index (κ2) is 7.91. The Balaban J connectivity index is 1.50. The molecule has 1 saturated heterocycles. The first-order chi connectivity index (χ1) is 15.8. The molecule has 0 bridgehead atoms. The SMILES string of the molecule is CCS(=O)(=O)N1CC(CC#N)(n2cc(-c3nc(Nc4cc(C)[nH]n4)nc4ccsc34)cn2)C1. The number of fused-ring (bicyclic) bond motifs is 1. The lowest BCUT2D eigenvalue weighted by Gasteiger charge is -2.47. The fourth-order valence-electron chi connectivity index (χ4n) is 3.89. The minimum Gasteiger partial charge on any atom is -0.307 e. The number of hydrogen-bond acceptors (Lipinski definition) is 9. The van der Waals surface area contributed by atoms with Crippen LogP contribution in [-0.4, -0.2) is 61.5 Å². The summed E-state index contributed by atoms with van der Waals surface area (Å²) in [6.45, 7) is 3.97. The molecule has 1 aliphatic heterocycles. The number of H-pyrrole nitrogens is 1. The second-order valence-corrected chi connectivity index (χ2v) is 11.2. The van der Waals surface area contributed by atoms with Gasteiger partial charge in [-0.2, -0.15) is 19.8 Å². The van der Waals surface area contributed by atoms with Crippen LogP contribution in [0.1, 0.15) is 19.0 Å². The molecule has 0 radical (unpaired) electrons. The normalized spacial score (nSPS) is 15.9. The summed E-state index contributed by atoms with van der Waals surface area (Å²) >= 11 is 1.53. The largest absolute Gasteiger partial charge is 0.307 e. The number of aromatic nitrogens is 6. The fraction of sp³-hybridized carbons (Fsp3) is 0.350. The summed E-state index contributed by atoms with van der Waals surface area (Å²) in [5.41, 5.74) is 2.49. The Morgan fingerprint density at radius 1 is 1.36 bits per heavy atom. The highest BCUT2D eigenvalue weighted by Gasteiger charge is 2.49. The number of aryl methyl sites for hydroxylation is 1. The van der Waals surface area contributed by atoms with E-state index in [1.165, 1.54) is 15.6 Å². The molecule has 0 saturated carbocycles. The molecule has 11 nitrogen and oxygen atoms in total. The van der Waals surface area contributed by atoms with Gasteiger partial charge in [-0.05, 0) is 25.3 Å². The number of nitrogens with zero attached hydrogens (tertiary/aromatic N) is 7. The van der Waals surface area contributed by atoms with Crippen LogP contribution in [0.4, 0.5) is 11.8 Å². The van der Waals surface area contributed by atoms with Crippen LogP contribution in [0.5, 0.6) is 0 Å². The number of nitriles is 1. The first-order valence-electron chi connectivity index (χ1n) is 10.3. The highest BCUT2D eigenvalue weighted by atomic mass is 32.2. The molecule has 170 valence electrons. The fourth-order valence-corrected chi connectivity index (χ4v) is 5.97. The zero-order valence-corrected chi connectivity index (χ0v) is 19.6. The lowest BCUT2D eigenvalue weighted by molar-refractivity contribution is 0.0719. The molecular formula is C20H21N9O2S2. The van der Waals surface area contributed by atoms with Crippen molar-refractivity contribution in [2.75, 3.05) is 24.2 Å². The molecule has 0 amide bonds. The summed E-state index contributed by atoms with van der Waals surface area (Å²) in [6, 6.07) is 5.97. The van der Waals surface area contributed by atoms with Gasteiger partial charge in [-0.1, -0.05) is 0 Å². The summed E-state index contributed by atoms with van der Waals surface area (Å²) in [4.78, 5) is 9.29. The van der Waals surface area contributed by atoms with Crippen molar-refractivity contribution in [3.8, 4) is 17.3 Å². The molecule has 2 N–H and O–H groups in total. The molecule has 33 heavy (non-hydrogen) atoms. The first kappa shape index (κ1) is 21.5. The quantitative estimate of drug-likeness (QED) is 0.408. The Bertz CT molecular complexity index is 1470. The van der Waals surface area contributed by atoms with Crippen molar-refractivity contribution < 1.29 is 8.42 Å². The molecule has 0 spiro atoms. The van der Waals surface area contributed by atoms with Gasteiger partial charge in [-0.3, -0.25) is 9.78 Å². The zero-order valence-electron chi connectivity index (χ0n) is 18.0. The molecule has 0 atom stereocenters. The van der Waals surface area contributed by atoms with Crippen LogP contribution in [0.25, 0.3) is 21.5 Å². The molecule has 4 aromatic heterocycles. The molecule has 0 unspecified atom stereocenters. The third kappa shape index (κ3) is 3.75. The zero-order chi connectivity index (χ0) is 23.2.